The molecule has 1 aromatic heterocycles. The van der Waals surface area contributed by atoms with Gasteiger partial charge in [-0.2, -0.15) is 5.10 Å². The zero-order valence-electron chi connectivity index (χ0n) is 19.6. The van der Waals surface area contributed by atoms with E-state index in [1.165, 1.54) is 5.56 Å². The Hall–Kier alpha value is -2.67. The molecule has 0 aliphatic carbocycles. The van der Waals surface area contributed by atoms with Crippen LogP contribution in [-0.4, -0.2) is 64.0 Å². The molecule has 4 rings (SSSR count). The van der Waals surface area contributed by atoms with Crippen LogP contribution in [0.1, 0.15) is 42.8 Å². The van der Waals surface area contributed by atoms with Crippen LogP contribution in [0.25, 0.3) is 0 Å². The highest BCUT2D eigenvalue weighted by molar-refractivity contribution is 5.82. The van der Waals surface area contributed by atoms with E-state index in [4.69, 9.17) is 0 Å². The fourth-order valence-electron chi connectivity index (χ4n) is 5.32. The normalized spacial score (nSPS) is 20.0. The van der Waals surface area contributed by atoms with Gasteiger partial charge in [-0.05, 0) is 45.2 Å². The predicted octanol–water partition coefficient (Wildman–Crippen LogP) is 2.44. The molecular formula is C25H35N5O2. The van der Waals surface area contributed by atoms with Crippen LogP contribution in [0.2, 0.25) is 0 Å². The van der Waals surface area contributed by atoms with Gasteiger partial charge in [0.25, 0.3) is 0 Å². The Kier molecular flexibility index (Phi) is 6.38. The van der Waals surface area contributed by atoms with Crippen LogP contribution in [0.4, 0.5) is 0 Å². The molecule has 2 amide bonds. The quantitative estimate of drug-likeness (QED) is 0.697. The summed E-state index contributed by atoms with van der Waals surface area (Å²) in [4.78, 5) is 30.2. The molecule has 2 aromatic rings. The van der Waals surface area contributed by atoms with E-state index < -0.39 is 0 Å². The Balaban J connectivity index is 1.40. The van der Waals surface area contributed by atoms with E-state index >= 15 is 0 Å². The highest BCUT2D eigenvalue weighted by Crippen LogP contribution is 2.45. The third kappa shape index (κ3) is 4.58. The van der Waals surface area contributed by atoms with Gasteiger partial charge in [-0.3, -0.25) is 19.6 Å². The van der Waals surface area contributed by atoms with Crippen molar-refractivity contribution in [3.05, 3.63) is 52.8 Å². The number of benzene rings is 1. The lowest BCUT2D eigenvalue weighted by molar-refractivity contribution is -0.149. The van der Waals surface area contributed by atoms with E-state index in [-0.39, 0.29) is 29.2 Å². The zero-order valence-corrected chi connectivity index (χ0v) is 19.6. The summed E-state index contributed by atoms with van der Waals surface area (Å²) in [7, 11) is 0. The molecule has 2 aliphatic rings. The van der Waals surface area contributed by atoms with Crippen LogP contribution in [0, 0.1) is 25.2 Å². The van der Waals surface area contributed by atoms with Crippen LogP contribution in [-0.2, 0) is 22.6 Å². The molecule has 172 valence electrons. The highest BCUT2D eigenvalue weighted by Gasteiger charge is 2.57. The van der Waals surface area contributed by atoms with Crippen molar-refractivity contribution in [2.75, 3.05) is 26.2 Å². The molecule has 0 bridgehead atoms. The molecule has 0 saturated carbocycles. The Morgan fingerprint density at radius 3 is 2.53 bits per heavy atom. The van der Waals surface area contributed by atoms with Gasteiger partial charge in [0, 0.05) is 56.3 Å². The Morgan fingerprint density at radius 1 is 1.19 bits per heavy atom. The summed E-state index contributed by atoms with van der Waals surface area (Å²) in [6, 6.07) is 10.5. The number of carbonyl (C=O) groups is 2. The van der Waals surface area contributed by atoms with Crippen molar-refractivity contribution in [2.24, 2.45) is 11.3 Å². The molecule has 3 heterocycles. The molecule has 1 atom stereocenters. The van der Waals surface area contributed by atoms with Crippen molar-refractivity contribution < 1.29 is 9.59 Å². The maximum Gasteiger partial charge on any atom is 0.225 e. The van der Waals surface area contributed by atoms with Crippen molar-refractivity contribution in [1.29, 1.82) is 0 Å². The lowest BCUT2D eigenvalue weighted by Gasteiger charge is -2.50. The average Bonchev–Trinajstić information content (AvgIpc) is 3.25. The summed E-state index contributed by atoms with van der Waals surface area (Å²) < 4.78 is 0. The number of aromatic amines is 1. The molecule has 2 N–H and O–H groups in total. The number of nitrogens with zero attached hydrogens (tertiary/aromatic N) is 3. The molecule has 2 fully saturated rings. The van der Waals surface area contributed by atoms with Crippen LogP contribution >= 0.6 is 0 Å². The summed E-state index contributed by atoms with van der Waals surface area (Å²) >= 11 is 0. The monoisotopic (exact) mass is 437 g/mol. The predicted molar refractivity (Wildman–Crippen MR) is 124 cm³/mol. The third-order valence-corrected chi connectivity index (χ3v) is 6.95. The lowest BCUT2D eigenvalue weighted by atomic mass is 9.71. The highest BCUT2D eigenvalue weighted by atomic mass is 16.2. The minimum atomic E-state index is -0.148. The number of carbonyl (C=O) groups excluding carboxylic acids is 2. The smallest absolute Gasteiger partial charge is 0.225 e. The average molecular weight is 438 g/mol. The summed E-state index contributed by atoms with van der Waals surface area (Å²) in [5, 5.41) is 10.3. The van der Waals surface area contributed by atoms with Gasteiger partial charge in [-0.25, -0.2) is 0 Å². The van der Waals surface area contributed by atoms with Crippen molar-refractivity contribution >= 4 is 11.8 Å². The second-order valence-electron chi connectivity index (χ2n) is 9.90. The number of nitrogens with one attached hydrogen (secondary N) is 2. The molecule has 2 aliphatic heterocycles. The maximum atomic E-state index is 13.0. The molecule has 0 radical (unpaired) electrons. The van der Waals surface area contributed by atoms with Crippen molar-refractivity contribution in [2.45, 2.75) is 53.1 Å². The van der Waals surface area contributed by atoms with Gasteiger partial charge in [-0.15, -0.1) is 0 Å². The minimum Gasteiger partial charge on any atom is -0.354 e. The third-order valence-electron chi connectivity index (χ3n) is 6.95. The number of aromatic nitrogens is 2. The fraction of sp³-hybridized carbons (Fsp3) is 0.560. The molecule has 7 heteroatoms. The molecule has 7 nitrogen and oxygen atoms in total. The van der Waals surface area contributed by atoms with E-state index in [0.717, 1.165) is 36.6 Å². The van der Waals surface area contributed by atoms with Gasteiger partial charge in [0.1, 0.15) is 0 Å². The van der Waals surface area contributed by atoms with Gasteiger partial charge in [0.05, 0.1) is 11.6 Å². The Bertz CT molecular complexity index is 942. The number of hydrogen-bond donors (Lipinski definition) is 2. The number of likely N-dealkylation sites (tertiary alicyclic amines) is 2. The second kappa shape index (κ2) is 9.06. The molecule has 1 spiro atoms. The topological polar surface area (TPSA) is 81.3 Å². The van der Waals surface area contributed by atoms with E-state index in [1.54, 1.807) is 0 Å². The molecule has 1 aromatic carbocycles. The number of aryl methyl sites for hydroxylation is 2. The fourth-order valence-corrected chi connectivity index (χ4v) is 5.32. The maximum absolute atomic E-state index is 13.0. The second-order valence-corrected chi connectivity index (χ2v) is 9.90. The number of amides is 2. The standard InChI is InChI=1S/C25H35N5O2/c1-17(2)26-24(32)22-13-29(12-20-8-6-5-7-9-20)14-25(22)15-30(16-25)23(31)11-10-21-18(3)27-28-19(21)4/h5-9,17,22H,10-16H2,1-4H3,(H,26,32)(H,27,28). The summed E-state index contributed by atoms with van der Waals surface area (Å²) in [5.41, 5.74) is 4.25. The molecule has 1 unspecified atom stereocenters. The first kappa shape index (κ1) is 22.5. The van der Waals surface area contributed by atoms with Gasteiger partial charge in [0.2, 0.25) is 11.8 Å². The number of hydrogen-bond acceptors (Lipinski definition) is 4. The summed E-state index contributed by atoms with van der Waals surface area (Å²) in [6.45, 7) is 11.7. The van der Waals surface area contributed by atoms with Crippen LogP contribution in [0.5, 0.6) is 0 Å². The SMILES string of the molecule is Cc1n[nH]c(C)c1CCC(=O)N1CC2(CN(Cc3ccccc3)CC2C(=O)NC(C)C)C1. The minimum absolute atomic E-state index is 0.0870. The van der Waals surface area contributed by atoms with Gasteiger partial charge >= 0.3 is 0 Å². The molecule has 2 saturated heterocycles. The van der Waals surface area contributed by atoms with Gasteiger partial charge in [-0.1, -0.05) is 30.3 Å². The molecule has 32 heavy (non-hydrogen) atoms. The van der Waals surface area contributed by atoms with Gasteiger partial charge < -0.3 is 10.2 Å². The summed E-state index contributed by atoms with van der Waals surface area (Å²) in [5.74, 6) is 0.198. The van der Waals surface area contributed by atoms with E-state index in [0.29, 0.717) is 25.9 Å². The number of rotatable bonds is 7. The first-order valence-electron chi connectivity index (χ1n) is 11.6. The number of H-pyrrole nitrogens is 1. The van der Waals surface area contributed by atoms with E-state index in [2.05, 4.69) is 44.7 Å². The first-order valence-corrected chi connectivity index (χ1v) is 11.6. The van der Waals surface area contributed by atoms with E-state index in [9.17, 15) is 9.59 Å². The lowest BCUT2D eigenvalue weighted by Crippen LogP contribution is -2.64. The Labute approximate surface area is 190 Å². The first-order chi connectivity index (χ1) is 15.3. The zero-order chi connectivity index (χ0) is 22.9. The van der Waals surface area contributed by atoms with Gasteiger partial charge in [0.15, 0.2) is 0 Å². The van der Waals surface area contributed by atoms with Crippen LogP contribution < -0.4 is 5.32 Å². The largest absolute Gasteiger partial charge is 0.354 e. The van der Waals surface area contributed by atoms with Crippen molar-refractivity contribution in [3.63, 3.8) is 0 Å². The van der Waals surface area contributed by atoms with Crippen molar-refractivity contribution in [3.8, 4) is 0 Å². The Morgan fingerprint density at radius 2 is 1.91 bits per heavy atom. The van der Waals surface area contributed by atoms with E-state index in [1.807, 2.05) is 38.7 Å². The van der Waals surface area contributed by atoms with Crippen LogP contribution in [0.3, 0.4) is 0 Å². The summed E-state index contributed by atoms with van der Waals surface area (Å²) in [6.07, 6.45) is 1.18. The van der Waals surface area contributed by atoms with Crippen LogP contribution in [0.15, 0.2) is 30.3 Å². The van der Waals surface area contributed by atoms with Crippen molar-refractivity contribution in [1.82, 2.24) is 25.3 Å². The molecular weight excluding hydrogens is 402 g/mol.